The quantitative estimate of drug-likeness (QED) is 0.188. The maximum absolute atomic E-state index is 13.4. The van der Waals surface area contributed by atoms with E-state index in [0.717, 1.165) is 11.1 Å². The number of benzene rings is 5. The number of hydrogen-bond acceptors (Lipinski definition) is 2. The zero-order valence-electron chi connectivity index (χ0n) is 26.3. The topological polar surface area (TPSA) is 35.1 Å². The standard InChI is InChI=1S/C43H39NO2/c45-43-37-15-7-8-20-39(37)46-40-26-23-31(27-38(40)43)28-21-24-32(25-22-28)44-41-33(29-11-3-1-4-12-29)16-9-18-35(41)36-19-10-17-34(42(36)44)30-13-5-2-6-14-30/h7-10,15-27,29-30H,1-6,11-14H2. The van der Waals surface area contributed by atoms with Crippen LogP contribution in [0, 0.1) is 0 Å². The van der Waals surface area contributed by atoms with Crippen molar-refractivity contribution in [3.8, 4) is 16.8 Å². The zero-order chi connectivity index (χ0) is 30.6. The van der Waals surface area contributed by atoms with Gasteiger partial charge in [-0.2, -0.15) is 0 Å². The van der Waals surface area contributed by atoms with Crippen molar-refractivity contribution >= 4 is 43.7 Å². The molecule has 0 unspecified atom stereocenters. The molecule has 2 aromatic heterocycles. The fraction of sp³-hybridized carbons (Fsp3) is 0.279. The molecular formula is C43H39NO2. The summed E-state index contributed by atoms with van der Waals surface area (Å²) in [5.41, 5.74) is 10.4. The summed E-state index contributed by atoms with van der Waals surface area (Å²) in [5.74, 6) is 1.22. The maximum Gasteiger partial charge on any atom is 0.200 e. The molecule has 5 aromatic carbocycles. The predicted octanol–water partition coefficient (Wildman–Crippen LogP) is 11.8. The lowest BCUT2D eigenvalue weighted by Gasteiger charge is -2.25. The summed E-state index contributed by atoms with van der Waals surface area (Å²) < 4.78 is 8.70. The first-order chi connectivity index (χ1) is 22.7. The minimum atomic E-state index is 0.0195. The van der Waals surface area contributed by atoms with Crippen LogP contribution in [0.1, 0.15) is 87.2 Å². The highest BCUT2D eigenvalue weighted by molar-refractivity contribution is 6.11. The Bertz CT molecular complexity index is 2220. The smallest absolute Gasteiger partial charge is 0.200 e. The van der Waals surface area contributed by atoms with E-state index in [9.17, 15) is 4.79 Å². The number of hydrogen-bond donors (Lipinski definition) is 0. The van der Waals surface area contributed by atoms with Gasteiger partial charge in [-0.05, 0) is 96.2 Å². The number of rotatable bonds is 4. The number of nitrogens with zero attached hydrogens (tertiary/aromatic N) is 1. The summed E-state index contributed by atoms with van der Waals surface area (Å²) in [6, 6.07) is 36.6. The third kappa shape index (κ3) is 4.51. The van der Waals surface area contributed by atoms with Crippen molar-refractivity contribution in [3.05, 3.63) is 124 Å². The SMILES string of the molecule is O=c1c2ccccc2oc2ccc(-c3ccc(-n4c5c(C6CCCCC6)cccc5c5cccc(C6CCCCC6)c54)cc3)cc12. The van der Waals surface area contributed by atoms with E-state index in [1.807, 2.05) is 36.4 Å². The molecule has 3 nitrogen and oxygen atoms in total. The van der Waals surface area contributed by atoms with Crippen LogP contribution in [0.5, 0.6) is 0 Å². The first-order valence-corrected chi connectivity index (χ1v) is 17.4. The lowest BCUT2D eigenvalue weighted by Crippen LogP contribution is -2.09. The first-order valence-electron chi connectivity index (χ1n) is 17.4. The van der Waals surface area contributed by atoms with Crippen molar-refractivity contribution in [3.63, 3.8) is 0 Å². The molecular weight excluding hydrogens is 562 g/mol. The van der Waals surface area contributed by atoms with Gasteiger partial charge in [-0.1, -0.05) is 105 Å². The fourth-order valence-corrected chi connectivity index (χ4v) is 8.70. The Morgan fingerprint density at radius 2 is 1.04 bits per heavy atom. The molecule has 0 spiro atoms. The minimum absolute atomic E-state index is 0.0195. The van der Waals surface area contributed by atoms with Crippen LogP contribution < -0.4 is 5.43 Å². The fourth-order valence-electron chi connectivity index (χ4n) is 8.70. The molecule has 46 heavy (non-hydrogen) atoms. The Balaban J connectivity index is 1.22. The molecule has 9 rings (SSSR count). The number of fused-ring (bicyclic) bond motifs is 5. The van der Waals surface area contributed by atoms with E-state index in [1.54, 1.807) is 0 Å². The second kappa shape index (κ2) is 11.3. The predicted molar refractivity (Wildman–Crippen MR) is 191 cm³/mol. The van der Waals surface area contributed by atoms with Crippen LogP contribution in [0.3, 0.4) is 0 Å². The van der Waals surface area contributed by atoms with Gasteiger partial charge in [0, 0.05) is 16.5 Å². The van der Waals surface area contributed by atoms with Gasteiger partial charge in [0.2, 0.25) is 5.43 Å². The maximum atomic E-state index is 13.4. The largest absolute Gasteiger partial charge is 0.456 e. The molecule has 0 amide bonds. The summed E-state index contributed by atoms with van der Waals surface area (Å²) in [7, 11) is 0. The van der Waals surface area contributed by atoms with E-state index in [0.29, 0.717) is 33.8 Å². The van der Waals surface area contributed by atoms with E-state index in [4.69, 9.17) is 4.42 Å². The van der Waals surface area contributed by atoms with Crippen molar-refractivity contribution in [2.24, 2.45) is 0 Å². The lowest BCUT2D eigenvalue weighted by molar-refractivity contribution is 0.444. The van der Waals surface area contributed by atoms with Gasteiger partial charge in [-0.25, -0.2) is 0 Å². The third-order valence-electron chi connectivity index (χ3n) is 11.0. The molecule has 228 valence electrons. The molecule has 2 saturated carbocycles. The minimum Gasteiger partial charge on any atom is -0.456 e. The van der Waals surface area contributed by atoms with Crippen molar-refractivity contribution in [2.75, 3.05) is 0 Å². The van der Waals surface area contributed by atoms with E-state index < -0.39 is 0 Å². The van der Waals surface area contributed by atoms with Gasteiger partial charge in [0.15, 0.2) is 0 Å². The highest BCUT2D eigenvalue weighted by Gasteiger charge is 2.26. The molecule has 0 bridgehead atoms. The van der Waals surface area contributed by atoms with Crippen molar-refractivity contribution in [1.29, 1.82) is 0 Å². The second-order valence-corrected chi connectivity index (χ2v) is 13.7. The van der Waals surface area contributed by atoms with Crippen LogP contribution in [0.2, 0.25) is 0 Å². The van der Waals surface area contributed by atoms with Gasteiger partial charge in [-0.15, -0.1) is 0 Å². The molecule has 0 saturated heterocycles. The van der Waals surface area contributed by atoms with E-state index >= 15 is 0 Å². The Labute approximate surface area is 269 Å². The van der Waals surface area contributed by atoms with Crippen molar-refractivity contribution in [1.82, 2.24) is 4.57 Å². The number of aromatic nitrogens is 1. The van der Waals surface area contributed by atoms with Crippen molar-refractivity contribution in [2.45, 2.75) is 76.0 Å². The molecule has 2 fully saturated rings. The monoisotopic (exact) mass is 601 g/mol. The van der Waals surface area contributed by atoms with E-state index in [-0.39, 0.29) is 5.43 Å². The second-order valence-electron chi connectivity index (χ2n) is 13.7. The normalized spacial score (nSPS) is 16.6. The van der Waals surface area contributed by atoms with Crippen LogP contribution >= 0.6 is 0 Å². The van der Waals surface area contributed by atoms with Gasteiger partial charge >= 0.3 is 0 Å². The van der Waals surface area contributed by atoms with Gasteiger partial charge in [0.1, 0.15) is 11.2 Å². The van der Waals surface area contributed by atoms with E-state index in [1.165, 1.54) is 103 Å². The Morgan fingerprint density at radius 3 is 1.67 bits per heavy atom. The van der Waals surface area contributed by atoms with Gasteiger partial charge in [0.05, 0.1) is 21.8 Å². The average Bonchev–Trinajstić information content (AvgIpc) is 3.47. The zero-order valence-corrected chi connectivity index (χ0v) is 26.3. The van der Waals surface area contributed by atoms with Crippen LogP contribution in [0.15, 0.2) is 112 Å². The summed E-state index contributed by atoms with van der Waals surface area (Å²) in [6.45, 7) is 0. The van der Waals surface area contributed by atoms with Crippen LogP contribution in [0.4, 0.5) is 0 Å². The first kappa shape index (κ1) is 27.7. The lowest BCUT2D eigenvalue weighted by atomic mass is 9.83. The summed E-state index contributed by atoms with van der Waals surface area (Å²) in [5, 5.41) is 4.01. The highest BCUT2D eigenvalue weighted by atomic mass is 16.3. The molecule has 0 N–H and O–H groups in total. The van der Waals surface area contributed by atoms with Gasteiger partial charge < -0.3 is 8.98 Å². The molecule has 0 aliphatic heterocycles. The molecule has 2 heterocycles. The summed E-state index contributed by atoms with van der Waals surface area (Å²) in [6.07, 6.45) is 13.1. The van der Waals surface area contributed by atoms with Gasteiger partial charge in [-0.3, -0.25) is 4.79 Å². The highest BCUT2D eigenvalue weighted by Crippen LogP contribution is 2.45. The molecule has 7 aromatic rings. The Morgan fingerprint density at radius 1 is 0.500 bits per heavy atom. The van der Waals surface area contributed by atoms with Gasteiger partial charge in [0.25, 0.3) is 0 Å². The molecule has 0 radical (unpaired) electrons. The van der Waals surface area contributed by atoms with Crippen LogP contribution in [-0.2, 0) is 0 Å². The van der Waals surface area contributed by atoms with E-state index in [2.05, 4.69) is 71.3 Å². The molecule has 0 atom stereocenters. The summed E-state index contributed by atoms with van der Waals surface area (Å²) >= 11 is 0. The molecule has 2 aliphatic carbocycles. The molecule has 3 heteroatoms. The third-order valence-corrected chi connectivity index (χ3v) is 11.0. The molecule has 2 aliphatic rings. The van der Waals surface area contributed by atoms with Crippen LogP contribution in [-0.4, -0.2) is 4.57 Å². The van der Waals surface area contributed by atoms with Crippen molar-refractivity contribution < 1.29 is 4.42 Å². The van der Waals surface area contributed by atoms with Crippen LogP contribution in [0.25, 0.3) is 60.6 Å². The number of para-hydroxylation sites is 3. The summed E-state index contributed by atoms with van der Waals surface area (Å²) in [4.78, 5) is 13.4. The average molecular weight is 602 g/mol. The Hall–Kier alpha value is -4.63. The Kier molecular flexibility index (Phi) is 6.80.